The van der Waals surface area contributed by atoms with Crippen molar-refractivity contribution in [1.29, 1.82) is 0 Å². The van der Waals surface area contributed by atoms with E-state index in [0.717, 1.165) is 56.6 Å². The van der Waals surface area contributed by atoms with Gasteiger partial charge in [-0.05, 0) is 87.4 Å². The summed E-state index contributed by atoms with van der Waals surface area (Å²) in [5.41, 5.74) is 0.982. The van der Waals surface area contributed by atoms with Crippen molar-refractivity contribution in [3.8, 4) is 11.4 Å². The molecule has 4 heterocycles. The predicted molar refractivity (Wildman–Crippen MR) is 140 cm³/mol. The lowest BCUT2D eigenvalue weighted by atomic mass is 10.1. The van der Waals surface area contributed by atoms with E-state index in [1.807, 2.05) is 30.3 Å². The molecule has 0 N–H and O–H groups in total. The zero-order valence-electron chi connectivity index (χ0n) is 20.9. The summed E-state index contributed by atoms with van der Waals surface area (Å²) in [6, 6.07) is 13.6. The predicted octanol–water partition coefficient (Wildman–Crippen LogP) is 4.75. The van der Waals surface area contributed by atoms with Gasteiger partial charge in [0.1, 0.15) is 18.2 Å². The smallest absolute Gasteiger partial charge is 0.262 e. The van der Waals surface area contributed by atoms with Gasteiger partial charge < -0.3 is 14.4 Å². The molecule has 6 nitrogen and oxygen atoms in total. The standard InChI is InChI=1S/C29H34FN3O3/c1-20-4-2-12-32(20)23-11-13-31(18-23)28-9-6-22(17-27(28)30)33-14-10-21-16-24(7-8-26(21)29(33)34)36-19-25-5-3-15-35-25/h6-10,14,16-17,20,23,25H,2-5,11-13,15,18-19H2,1H3/t20-,23?,25+/m0/s1. The van der Waals surface area contributed by atoms with Crippen molar-refractivity contribution in [3.05, 3.63) is 64.8 Å². The largest absolute Gasteiger partial charge is 0.491 e. The number of hydrogen-bond donors (Lipinski definition) is 0. The van der Waals surface area contributed by atoms with Gasteiger partial charge in [-0.3, -0.25) is 14.3 Å². The van der Waals surface area contributed by atoms with Gasteiger partial charge in [0.15, 0.2) is 0 Å². The highest BCUT2D eigenvalue weighted by molar-refractivity contribution is 5.83. The summed E-state index contributed by atoms with van der Waals surface area (Å²) in [5.74, 6) is 0.435. The Kier molecular flexibility index (Phi) is 6.44. The maximum Gasteiger partial charge on any atom is 0.262 e. The monoisotopic (exact) mass is 491 g/mol. The van der Waals surface area contributed by atoms with E-state index in [9.17, 15) is 4.79 Å². The molecular weight excluding hydrogens is 457 g/mol. The van der Waals surface area contributed by atoms with Crippen LogP contribution < -0.4 is 15.2 Å². The van der Waals surface area contributed by atoms with E-state index in [2.05, 4.69) is 16.7 Å². The van der Waals surface area contributed by atoms with Crippen molar-refractivity contribution in [1.82, 2.24) is 9.47 Å². The fourth-order valence-electron chi connectivity index (χ4n) is 6.12. The van der Waals surface area contributed by atoms with Crippen molar-refractivity contribution in [2.75, 3.05) is 37.7 Å². The summed E-state index contributed by atoms with van der Waals surface area (Å²) >= 11 is 0. The molecule has 3 saturated heterocycles. The molecule has 0 amide bonds. The van der Waals surface area contributed by atoms with Gasteiger partial charge in [0.05, 0.1) is 17.5 Å². The fourth-order valence-corrected chi connectivity index (χ4v) is 6.12. The highest BCUT2D eigenvalue weighted by Gasteiger charge is 2.33. The van der Waals surface area contributed by atoms with Crippen LogP contribution in [0.3, 0.4) is 0 Å². The van der Waals surface area contributed by atoms with Gasteiger partial charge in [-0.1, -0.05) is 0 Å². The Bertz CT molecular complexity index is 1300. The van der Waals surface area contributed by atoms with Crippen LogP contribution >= 0.6 is 0 Å². The van der Waals surface area contributed by atoms with Crippen LogP contribution in [0.4, 0.5) is 10.1 Å². The van der Waals surface area contributed by atoms with E-state index in [-0.39, 0.29) is 17.5 Å². The van der Waals surface area contributed by atoms with Gasteiger partial charge in [-0.15, -0.1) is 0 Å². The maximum atomic E-state index is 15.3. The molecule has 1 unspecified atom stereocenters. The molecule has 6 rings (SSSR count). The summed E-state index contributed by atoms with van der Waals surface area (Å²) in [5, 5.41) is 1.38. The Labute approximate surface area is 211 Å². The van der Waals surface area contributed by atoms with Crippen molar-refractivity contribution in [2.45, 2.75) is 57.2 Å². The van der Waals surface area contributed by atoms with Gasteiger partial charge in [0.2, 0.25) is 0 Å². The van der Waals surface area contributed by atoms with Crippen LogP contribution in [0.1, 0.15) is 39.0 Å². The first-order chi connectivity index (χ1) is 17.6. The topological polar surface area (TPSA) is 46.9 Å². The number of benzene rings is 2. The van der Waals surface area contributed by atoms with Crippen LogP contribution in [0.15, 0.2) is 53.5 Å². The number of nitrogens with zero attached hydrogens (tertiary/aromatic N) is 3. The average Bonchev–Trinajstić information content (AvgIpc) is 3.65. The highest BCUT2D eigenvalue weighted by atomic mass is 19.1. The molecule has 0 saturated carbocycles. The van der Waals surface area contributed by atoms with E-state index < -0.39 is 0 Å². The van der Waals surface area contributed by atoms with E-state index in [0.29, 0.717) is 35.5 Å². The minimum atomic E-state index is -0.285. The lowest BCUT2D eigenvalue weighted by Crippen LogP contribution is -2.39. The number of rotatable bonds is 6. The van der Waals surface area contributed by atoms with Gasteiger partial charge in [-0.25, -0.2) is 4.39 Å². The van der Waals surface area contributed by atoms with Crippen LogP contribution in [-0.2, 0) is 4.74 Å². The number of fused-ring (bicyclic) bond motifs is 1. The summed E-state index contributed by atoms with van der Waals surface area (Å²) in [6.07, 6.45) is 7.52. The lowest BCUT2D eigenvalue weighted by molar-refractivity contribution is 0.0680. The number of likely N-dealkylation sites (tertiary alicyclic amines) is 1. The average molecular weight is 492 g/mol. The molecule has 2 aromatic carbocycles. The second-order valence-corrected chi connectivity index (χ2v) is 10.4. The molecule has 190 valence electrons. The van der Waals surface area contributed by atoms with Crippen molar-refractivity contribution >= 4 is 16.5 Å². The molecule has 3 aliphatic heterocycles. The second kappa shape index (κ2) is 9.87. The Balaban J connectivity index is 1.19. The first-order valence-corrected chi connectivity index (χ1v) is 13.3. The van der Waals surface area contributed by atoms with E-state index in [4.69, 9.17) is 9.47 Å². The summed E-state index contributed by atoms with van der Waals surface area (Å²) in [7, 11) is 0. The Morgan fingerprint density at radius 1 is 1.06 bits per heavy atom. The molecule has 0 spiro atoms. The quantitative estimate of drug-likeness (QED) is 0.498. The number of aromatic nitrogens is 1. The zero-order chi connectivity index (χ0) is 24.6. The Morgan fingerprint density at radius 2 is 1.97 bits per heavy atom. The van der Waals surface area contributed by atoms with Crippen LogP contribution in [0.2, 0.25) is 0 Å². The fraction of sp³-hybridized carbons (Fsp3) is 0.483. The van der Waals surface area contributed by atoms with E-state index in [1.165, 1.54) is 23.5 Å². The minimum absolute atomic E-state index is 0.141. The third-order valence-electron chi connectivity index (χ3n) is 8.12. The molecule has 3 aromatic rings. The Hall–Kier alpha value is -2.90. The van der Waals surface area contributed by atoms with Crippen LogP contribution in [0, 0.1) is 5.82 Å². The normalized spacial score (nSPS) is 24.7. The Morgan fingerprint density at radius 3 is 2.75 bits per heavy atom. The van der Waals surface area contributed by atoms with Crippen LogP contribution in [-0.4, -0.2) is 60.5 Å². The summed E-state index contributed by atoms with van der Waals surface area (Å²) < 4.78 is 28.3. The molecule has 0 aliphatic carbocycles. The number of pyridine rings is 1. The van der Waals surface area contributed by atoms with Gasteiger partial charge in [-0.2, -0.15) is 0 Å². The summed E-state index contributed by atoms with van der Waals surface area (Å²) in [4.78, 5) is 18.0. The molecule has 36 heavy (non-hydrogen) atoms. The third-order valence-corrected chi connectivity index (χ3v) is 8.12. The molecule has 3 fully saturated rings. The molecular formula is C29H34FN3O3. The first-order valence-electron chi connectivity index (χ1n) is 13.3. The van der Waals surface area contributed by atoms with Crippen molar-refractivity contribution in [2.24, 2.45) is 0 Å². The lowest BCUT2D eigenvalue weighted by Gasteiger charge is -2.28. The van der Waals surface area contributed by atoms with Crippen molar-refractivity contribution < 1.29 is 13.9 Å². The van der Waals surface area contributed by atoms with Gasteiger partial charge >= 0.3 is 0 Å². The van der Waals surface area contributed by atoms with Gasteiger partial charge in [0, 0.05) is 49.4 Å². The van der Waals surface area contributed by atoms with E-state index in [1.54, 1.807) is 12.3 Å². The van der Waals surface area contributed by atoms with Crippen LogP contribution in [0.25, 0.3) is 16.5 Å². The number of halogens is 1. The van der Waals surface area contributed by atoms with E-state index >= 15 is 4.39 Å². The number of ether oxygens (including phenoxy) is 2. The zero-order valence-corrected chi connectivity index (χ0v) is 20.9. The third kappa shape index (κ3) is 4.50. The SMILES string of the molecule is C[C@H]1CCCN1C1CCN(c2ccc(-n3ccc4cc(OC[C@H]5CCCO5)ccc4c3=O)cc2F)C1. The molecule has 3 atom stereocenters. The minimum Gasteiger partial charge on any atom is -0.491 e. The van der Waals surface area contributed by atoms with Crippen LogP contribution in [0.5, 0.6) is 5.75 Å². The molecule has 0 bridgehead atoms. The number of hydrogen-bond acceptors (Lipinski definition) is 5. The second-order valence-electron chi connectivity index (χ2n) is 10.4. The molecule has 0 radical (unpaired) electrons. The maximum absolute atomic E-state index is 15.3. The summed E-state index contributed by atoms with van der Waals surface area (Å²) in [6.45, 7) is 6.47. The molecule has 1 aromatic heterocycles. The first kappa shape index (κ1) is 23.5. The molecule has 3 aliphatic rings. The van der Waals surface area contributed by atoms with Gasteiger partial charge in [0.25, 0.3) is 5.56 Å². The molecule has 7 heteroatoms. The van der Waals surface area contributed by atoms with Crippen molar-refractivity contribution in [3.63, 3.8) is 0 Å². The number of anilines is 1. The highest BCUT2D eigenvalue weighted by Crippen LogP contribution is 2.30.